The van der Waals surface area contributed by atoms with Crippen LogP contribution in [0.3, 0.4) is 0 Å². The van der Waals surface area contributed by atoms with Gasteiger partial charge in [-0.2, -0.15) is 0 Å². The van der Waals surface area contributed by atoms with E-state index in [0.29, 0.717) is 0 Å². The van der Waals surface area contributed by atoms with Crippen molar-refractivity contribution in [2.45, 2.75) is 33.4 Å². The molecule has 0 bridgehead atoms. The van der Waals surface area contributed by atoms with E-state index < -0.39 is 0 Å². The summed E-state index contributed by atoms with van der Waals surface area (Å²) in [5.41, 5.74) is 6.09. The molecule has 0 radical (unpaired) electrons. The number of H-pyrrole nitrogens is 1. The molecule has 1 aromatic heterocycles. The quantitative estimate of drug-likeness (QED) is 0.757. The molecule has 0 saturated heterocycles. The number of nitrogens with one attached hydrogen (secondary N) is 2. The van der Waals surface area contributed by atoms with Gasteiger partial charge in [-0.15, -0.1) is 0 Å². The van der Waals surface area contributed by atoms with E-state index >= 15 is 0 Å². The predicted octanol–water partition coefficient (Wildman–Crippen LogP) is 4.03. The molecule has 3 nitrogen and oxygen atoms in total. The predicted molar refractivity (Wildman–Crippen MR) is 87.3 cm³/mol. The van der Waals surface area contributed by atoms with E-state index in [4.69, 9.17) is 0 Å². The van der Waals surface area contributed by atoms with Crippen LogP contribution in [0.15, 0.2) is 42.5 Å². The summed E-state index contributed by atoms with van der Waals surface area (Å²) in [6, 6.07) is 14.9. The molecule has 1 atom stereocenters. The van der Waals surface area contributed by atoms with Crippen molar-refractivity contribution in [3.8, 4) is 0 Å². The molecule has 108 valence electrons. The molecular formula is C18H21N3. The second kappa shape index (κ2) is 5.70. The second-order valence-corrected chi connectivity index (χ2v) is 5.66. The molecule has 2 N–H and O–H groups in total. The van der Waals surface area contributed by atoms with E-state index in [0.717, 1.165) is 23.4 Å². The Morgan fingerprint density at radius 3 is 2.67 bits per heavy atom. The lowest BCUT2D eigenvalue weighted by molar-refractivity contribution is 0.552. The summed E-state index contributed by atoms with van der Waals surface area (Å²) < 4.78 is 0. The molecular weight excluding hydrogens is 258 g/mol. The van der Waals surface area contributed by atoms with Gasteiger partial charge in [0.1, 0.15) is 5.82 Å². The van der Waals surface area contributed by atoms with Crippen LogP contribution >= 0.6 is 0 Å². The first-order valence-electron chi connectivity index (χ1n) is 7.37. The third-order valence-electron chi connectivity index (χ3n) is 4.00. The van der Waals surface area contributed by atoms with Gasteiger partial charge in [-0.05, 0) is 49.6 Å². The summed E-state index contributed by atoms with van der Waals surface area (Å²) in [7, 11) is 0. The topological polar surface area (TPSA) is 40.7 Å². The van der Waals surface area contributed by atoms with Crippen LogP contribution in [-0.2, 0) is 6.54 Å². The summed E-state index contributed by atoms with van der Waals surface area (Å²) in [5.74, 6) is 0.986. The van der Waals surface area contributed by atoms with Gasteiger partial charge in [-0.3, -0.25) is 0 Å². The van der Waals surface area contributed by atoms with Crippen molar-refractivity contribution in [1.82, 2.24) is 15.3 Å². The number of fused-ring (bicyclic) bond motifs is 1. The van der Waals surface area contributed by atoms with Crippen molar-refractivity contribution in [1.29, 1.82) is 0 Å². The van der Waals surface area contributed by atoms with Gasteiger partial charge >= 0.3 is 0 Å². The summed E-state index contributed by atoms with van der Waals surface area (Å²) in [6.07, 6.45) is 0. The van der Waals surface area contributed by atoms with Crippen molar-refractivity contribution in [3.05, 3.63) is 65.0 Å². The number of rotatable bonds is 4. The SMILES string of the molecule is Cc1ccc(CNC(C)c2nc3ccccc3[nH]2)cc1C. The normalized spacial score (nSPS) is 12.7. The third kappa shape index (κ3) is 2.98. The third-order valence-corrected chi connectivity index (χ3v) is 4.00. The van der Waals surface area contributed by atoms with Crippen LogP contribution in [0, 0.1) is 13.8 Å². The zero-order valence-electron chi connectivity index (χ0n) is 12.8. The van der Waals surface area contributed by atoms with Crippen LogP contribution in [0.4, 0.5) is 0 Å². The number of aryl methyl sites for hydroxylation is 2. The van der Waals surface area contributed by atoms with E-state index in [2.05, 4.69) is 60.3 Å². The van der Waals surface area contributed by atoms with Crippen molar-refractivity contribution in [3.63, 3.8) is 0 Å². The molecule has 0 saturated carbocycles. The maximum Gasteiger partial charge on any atom is 0.124 e. The Bertz CT molecular complexity index is 725. The highest BCUT2D eigenvalue weighted by Crippen LogP contribution is 2.16. The Morgan fingerprint density at radius 1 is 1.10 bits per heavy atom. The van der Waals surface area contributed by atoms with Crippen LogP contribution in [0.2, 0.25) is 0 Å². The highest BCUT2D eigenvalue weighted by atomic mass is 15.0. The van der Waals surface area contributed by atoms with Crippen LogP contribution < -0.4 is 5.32 Å². The van der Waals surface area contributed by atoms with Gasteiger partial charge in [0.05, 0.1) is 17.1 Å². The Morgan fingerprint density at radius 2 is 1.90 bits per heavy atom. The summed E-state index contributed by atoms with van der Waals surface area (Å²) in [5, 5.41) is 3.53. The number of hydrogen-bond donors (Lipinski definition) is 2. The fourth-order valence-electron chi connectivity index (χ4n) is 2.46. The number of benzene rings is 2. The first-order chi connectivity index (χ1) is 10.1. The number of imidazole rings is 1. The van der Waals surface area contributed by atoms with E-state index in [1.165, 1.54) is 16.7 Å². The molecule has 2 aromatic carbocycles. The highest BCUT2D eigenvalue weighted by Gasteiger charge is 2.10. The average molecular weight is 279 g/mol. The minimum absolute atomic E-state index is 0.194. The Labute approximate surface area is 125 Å². The van der Waals surface area contributed by atoms with E-state index in [1.807, 2.05) is 18.2 Å². The minimum atomic E-state index is 0.194. The van der Waals surface area contributed by atoms with Crippen molar-refractivity contribution in [2.24, 2.45) is 0 Å². The fraction of sp³-hybridized carbons (Fsp3) is 0.278. The zero-order chi connectivity index (χ0) is 14.8. The zero-order valence-corrected chi connectivity index (χ0v) is 12.8. The Hall–Kier alpha value is -2.13. The lowest BCUT2D eigenvalue weighted by atomic mass is 10.1. The van der Waals surface area contributed by atoms with Gasteiger partial charge in [-0.1, -0.05) is 30.3 Å². The smallest absolute Gasteiger partial charge is 0.124 e. The van der Waals surface area contributed by atoms with Crippen molar-refractivity contribution >= 4 is 11.0 Å². The molecule has 0 spiro atoms. The standard InChI is InChI=1S/C18H21N3/c1-12-8-9-15(10-13(12)2)11-19-14(3)18-20-16-6-4-5-7-17(16)21-18/h4-10,14,19H,11H2,1-3H3,(H,20,21). The van der Waals surface area contributed by atoms with Crippen molar-refractivity contribution in [2.75, 3.05) is 0 Å². The number of aromatic amines is 1. The first-order valence-corrected chi connectivity index (χ1v) is 7.37. The molecule has 3 aromatic rings. The number of para-hydroxylation sites is 2. The van der Waals surface area contributed by atoms with Gasteiger partial charge in [-0.25, -0.2) is 4.98 Å². The molecule has 1 heterocycles. The average Bonchev–Trinajstić information content (AvgIpc) is 2.92. The van der Waals surface area contributed by atoms with E-state index in [9.17, 15) is 0 Å². The van der Waals surface area contributed by atoms with Crippen LogP contribution in [0.1, 0.15) is 35.5 Å². The van der Waals surface area contributed by atoms with Gasteiger partial charge in [0.15, 0.2) is 0 Å². The maximum absolute atomic E-state index is 4.64. The number of hydrogen-bond acceptors (Lipinski definition) is 2. The second-order valence-electron chi connectivity index (χ2n) is 5.66. The van der Waals surface area contributed by atoms with Gasteiger partial charge < -0.3 is 10.3 Å². The Kier molecular flexibility index (Phi) is 3.76. The molecule has 0 amide bonds. The lowest BCUT2D eigenvalue weighted by Gasteiger charge is -2.12. The number of aromatic nitrogens is 2. The van der Waals surface area contributed by atoms with Crippen molar-refractivity contribution < 1.29 is 0 Å². The monoisotopic (exact) mass is 279 g/mol. The molecule has 21 heavy (non-hydrogen) atoms. The number of nitrogens with zero attached hydrogens (tertiary/aromatic N) is 1. The summed E-state index contributed by atoms with van der Waals surface area (Å²) in [6.45, 7) is 7.28. The Balaban J connectivity index is 1.70. The van der Waals surface area contributed by atoms with Crippen LogP contribution in [0.25, 0.3) is 11.0 Å². The molecule has 3 rings (SSSR count). The first kappa shape index (κ1) is 13.8. The molecule has 3 heteroatoms. The molecule has 0 aliphatic heterocycles. The van der Waals surface area contributed by atoms with Gasteiger partial charge in [0, 0.05) is 6.54 Å². The fourth-order valence-corrected chi connectivity index (χ4v) is 2.46. The molecule has 1 unspecified atom stereocenters. The van der Waals surface area contributed by atoms with E-state index in [1.54, 1.807) is 0 Å². The largest absolute Gasteiger partial charge is 0.341 e. The van der Waals surface area contributed by atoms with Gasteiger partial charge in [0.2, 0.25) is 0 Å². The molecule has 0 aliphatic carbocycles. The molecule has 0 fully saturated rings. The summed E-state index contributed by atoms with van der Waals surface area (Å²) >= 11 is 0. The maximum atomic E-state index is 4.64. The minimum Gasteiger partial charge on any atom is -0.341 e. The van der Waals surface area contributed by atoms with Gasteiger partial charge in [0.25, 0.3) is 0 Å². The molecule has 0 aliphatic rings. The summed E-state index contributed by atoms with van der Waals surface area (Å²) in [4.78, 5) is 8.02. The van der Waals surface area contributed by atoms with Crippen LogP contribution in [-0.4, -0.2) is 9.97 Å². The highest BCUT2D eigenvalue weighted by molar-refractivity contribution is 5.74. The lowest BCUT2D eigenvalue weighted by Crippen LogP contribution is -2.19. The van der Waals surface area contributed by atoms with Crippen LogP contribution in [0.5, 0.6) is 0 Å². The van der Waals surface area contributed by atoms with E-state index in [-0.39, 0.29) is 6.04 Å².